The Morgan fingerprint density at radius 2 is 1.26 bits per heavy atom. The van der Waals surface area contributed by atoms with Crippen molar-refractivity contribution in [3.63, 3.8) is 0 Å². The third kappa shape index (κ3) is 19.4. The second kappa shape index (κ2) is 26.7. The SMILES string of the molecule is [2H]C([2H])([2H])C(=O)Oc1ccccc1C(=O)Oc1ccccc1C(=O)O[C@@H](C(=O)NCCC(=O)O)C(C)(C)COC(=O)CCC/C=C\C/C=C\C/C=C\C/C=C\C/C=C\CC. The number of aliphatic carboxylic acids is 1. The lowest BCUT2D eigenvalue weighted by Crippen LogP contribution is -2.49. The minimum atomic E-state index is -3.10. The van der Waals surface area contributed by atoms with Gasteiger partial charge in [0, 0.05) is 29.3 Å². The molecule has 0 radical (unpaired) electrons. The van der Waals surface area contributed by atoms with Gasteiger partial charge < -0.3 is 29.4 Å². The highest BCUT2D eigenvalue weighted by atomic mass is 16.6. The highest BCUT2D eigenvalue weighted by Gasteiger charge is 2.40. The van der Waals surface area contributed by atoms with Crippen LogP contribution >= 0.6 is 0 Å². The molecule has 0 saturated carbocycles. The first-order valence-corrected chi connectivity index (χ1v) is 18.8. The third-order valence-electron chi connectivity index (χ3n) is 7.94. The van der Waals surface area contributed by atoms with Crippen LogP contribution in [0.15, 0.2) is 109 Å². The van der Waals surface area contributed by atoms with E-state index in [1.165, 1.54) is 62.4 Å². The van der Waals surface area contributed by atoms with E-state index in [2.05, 4.69) is 60.8 Å². The number of hydrogen-bond donors (Lipinski definition) is 2. The third-order valence-corrected chi connectivity index (χ3v) is 7.94. The number of benzene rings is 2. The molecule has 0 fully saturated rings. The van der Waals surface area contributed by atoms with Crippen LogP contribution < -0.4 is 14.8 Å². The summed E-state index contributed by atoms with van der Waals surface area (Å²) in [7, 11) is 0. The van der Waals surface area contributed by atoms with Gasteiger partial charge in [0.15, 0.2) is 6.10 Å². The number of unbranched alkanes of at least 4 members (excludes halogenated alkanes) is 1. The zero-order chi connectivity index (χ0) is 44.4. The fourth-order valence-corrected chi connectivity index (χ4v) is 4.97. The molecule has 0 saturated heterocycles. The number of nitrogens with one attached hydrogen (secondary N) is 1. The number of carboxylic acids is 1. The van der Waals surface area contributed by atoms with Gasteiger partial charge >= 0.3 is 29.8 Å². The van der Waals surface area contributed by atoms with Crippen molar-refractivity contribution in [3.8, 4) is 11.5 Å². The first-order chi connectivity index (χ1) is 28.6. The Morgan fingerprint density at radius 3 is 1.82 bits per heavy atom. The molecule has 0 spiro atoms. The smallest absolute Gasteiger partial charge is 0.347 e. The van der Waals surface area contributed by atoms with Gasteiger partial charge in [-0.15, -0.1) is 0 Å². The fraction of sp³-hybridized carbons (Fsp3) is 0.378. The minimum absolute atomic E-state index is 0.0942. The summed E-state index contributed by atoms with van der Waals surface area (Å²) in [5, 5.41) is 11.5. The summed E-state index contributed by atoms with van der Waals surface area (Å²) >= 11 is 0. The van der Waals surface area contributed by atoms with Crippen molar-refractivity contribution in [2.75, 3.05) is 13.2 Å². The highest BCUT2D eigenvalue weighted by Crippen LogP contribution is 2.29. The molecule has 0 bridgehead atoms. The Labute approximate surface area is 339 Å². The van der Waals surface area contributed by atoms with E-state index in [1.807, 2.05) is 12.2 Å². The van der Waals surface area contributed by atoms with Crippen LogP contribution in [-0.2, 0) is 28.7 Å². The number of carbonyl (C=O) groups is 6. The van der Waals surface area contributed by atoms with Crippen molar-refractivity contribution in [2.45, 2.75) is 91.5 Å². The molecule has 0 aromatic heterocycles. The molecule has 0 unspecified atom stereocenters. The van der Waals surface area contributed by atoms with Crippen LogP contribution in [0.4, 0.5) is 0 Å². The maximum Gasteiger partial charge on any atom is 0.347 e. The largest absolute Gasteiger partial charge is 0.481 e. The van der Waals surface area contributed by atoms with Crippen molar-refractivity contribution in [2.24, 2.45) is 5.41 Å². The van der Waals surface area contributed by atoms with E-state index in [9.17, 15) is 28.8 Å². The Morgan fingerprint density at radius 1 is 0.737 bits per heavy atom. The summed E-state index contributed by atoms with van der Waals surface area (Å²) in [4.78, 5) is 76.0. The molecular formula is C45H55NO11. The Bertz CT molecular complexity index is 1890. The van der Waals surface area contributed by atoms with Crippen molar-refractivity contribution in [3.05, 3.63) is 120 Å². The highest BCUT2D eigenvalue weighted by molar-refractivity contribution is 5.99. The summed E-state index contributed by atoms with van der Waals surface area (Å²) in [6, 6.07) is 10.6. The van der Waals surface area contributed by atoms with Crippen LogP contribution in [0.25, 0.3) is 0 Å². The molecule has 12 nitrogen and oxygen atoms in total. The molecule has 0 heterocycles. The van der Waals surface area contributed by atoms with Crippen molar-refractivity contribution in [1.29, 1.82) is 0 Å². The number of carbonyl (C=O) groups excluding carboxylic acids is 5. The molecule has 57 heavy (non-hydrogen) atoms. The molecule has 2 aromatic rings. The predicted molar refractivity (Wildman–Crippen MR) is 217 cm³/mol. The second-order valence-corrected chi connectivity index (χ2v) is 13.2. The van der Waals surface area contributed by atoms with Gasteiger partial charge in [-0.3, -0.25) is 19.2 Å². The standard InChI is InChI=1S/C45H55NO11/c1-5-6-7-8-9-10-11-12-13-14-15-16-17-18-19-20-21-30-40(50)54-33-45(3,4)41(42(51)46-32-31-39(48)49)57-44(53)36-27-23-25-29-38(36)56-43(52)35-26-22-24-28-37(35)55-34(2)47/h6-7,9-10,12-13,15-16,18-19,22-29,41H,5,8,11,14,17,20-21,30-33H2,1-4H3,(H,46,51)(H,48,49)/b7-6-,10-9-,13-12-,16-15-,19-18-/t41-/m0/s1/i2D3. The van der Waals surface area contributed by atoms with Gasteiger partial charge in [0.2, 0.25) is 0 Å². The van der Waals surface area contributed by atoms with Gasteiger partial charge in [0.25, 0.3) is 5.91 Å². The van der Waals surface area contributed by atoms with E-state index in [1.54, 1.807) is 0 Å². The van der Waals surface area contributed by atoms with Crippen LogP contribution in [0.5, 0.6) is 11.5 Å². The average Bonchev–Trinajstić information content (AvgIpc) is 3.20. The van der Waals surface area contributed by atoms with E-state index >= 15 is 0 Å². The predicted octanol–water partition coefficient (Wildman–Crippen LogP) is 8.44. The van der Waals surface area contributed by atoms with E-state index in [0.717, 1.165) is 32.1 Å². The number of carboxylic acid groups (broad SMARTS) is 1. The van der Waals surface area contributed by atoms with E-state index in [-0.39, 0.29) is 36.4 Å². The number of amides is 1. The lowest BCUT2D eigenvalue weighted by Gasteiger charge is -2.32. The summed E-state index contributed by atoms with van der Waals surface area (Å²) < 4.78 is 43.2. The van der Waals surface area contributed by atoms with Crippen LogP contribution in [0.3, 0.4) is 0 Å². The molecule has 0 aliphatic rings. The number of rotatable bonds is 25. The van der Waals surface area contributed by atoms with Gasteiger partial charge in [0.05, 0.1) is 6.42 Å². The average molecular weight is 789 g/mol. The van der Waals surface area contributed by atoms with Crippen molar-refractivity contribution < 1.29 is 56.9 Å². The van der Waals surface area contributed by atoms with Crippen LogP contribution in [0.1, 0.15) is 110 Å². The van der Waals surface area contributed by atoms with Crippen molar-refractivity contribution in [1.82, 2.24) is 5.32 Å². The molecule has 0 aliphatic carbocycles. The zero-order valence-electron chi connectivity index (χ0n) is 35.8. The number of para-hydroxylation sites is 2. The Balaban J connectivity index is 2.01. The molecule has 2 N–H and O–H groups in total. The Hall–Kier alpha value is -6.04. The molecule has 0 aliphatic heterocycles. The van der Waals surface area contributed by atoms with Gasteiger partial charge in [-0.1, -0.05) is 106 Å². The van der Waals surface area contributed by atoms with Gasteiger partial charge in [-0.05, 0) is 69.2 Å². The van der Waals surface area contributed by atoms with Crippen LogP contribution in [0.2, 0.25) is 0 Å². The lowest BCUT2D eigenvalue weighted by atomic mass is 9.86. The molecule has 306 valence electrons. The first-order valence-electron chi connectivity index (χ1n) is 20.3. The lowest BCUT2D eigenvalue weighted by molar-refractivity contribution is -0.153. The maximum absolute atomic E-state index is 13.6. The monoisotopic (exact) mass is 788 g/mol. The Kier molecular flexibility index (Phi) is 19.7. The quantitative estimate of drug-likeness (QED) is 0.0428. The minimum Gasteiger partial charge on any atom is -0.481 e. The van der Waals surface area contributed by atoms with Crippen LogP contribution in [-0.4, -0.2) is 60.1 Å². The van der Waals surface area contributed by atoms with E-state index in [0.29, 0.717) is 12.8 Å². The summed E-state index contributed by atoms with van der Waals surface area (Å²) in [6.07, 6.45) is 24.8. The molecule has 2 rings (SSSR count). The summed E-state index contributed by atoms with van der Waals surface area (Å²) in [5.41, 5.74) is -1.96. The summed E-state index contributed by atoms with van der Waals surface area (Å²) in [6.45, 7) is 1.42. The van der Waals surface area contributed by atoms with Gasteiger partial charge in [-0.25, -0.2) is 9.59 Å². The molecule has 12 heteroatoms. The number of hydrogen-bond acceptors (Lipinski definition) is 10. The first kappa shape index (κ1) is 42.1. The van der Waals surface area contributed by atoms with Gasteiger partial charge in [0.1, 0.15) is 29.2 Å². The molecule has 1 atom stereocenters. The number of esters is 4. The van der Waals surface area contributed by atoms with E-state index < -0.39 is 66.3 Å². The van der Waals surface area contributed by atoms with E-state index in [4.69, 9.17) is 28.2 Å². The van der Waals surface area contributed by atoms with Gasteiger partial charge in [-0.2, -0.15) is 0 Å². The topological polar surface area (TPSA) is 172 Å². The fourth-order valence-electron chi connectivity index (χ4n) is 4.97. The molecule has 1 amide bonds. The number of allylic oxidation sites excluding steroid dienone is 10. The molecule has 2 aromatic carbocycles. The summed E-state index contributed by atoms with van der Waals surface area (Å²) in [5.74, 6) is -7.08. The molecular weight excluding hydrogens is 730 g/mol. The second-order valence-electron chi connectivity index (χ2n) is 13.2. The normalized spacial score (nSPS) is 13.4. The zero-order valence-corrected chi connectivity index (χ0v) is 32.8. The number of ether oxygens (including phenoxy) is 4. The van der Waals surface area contributed by atoms with Crippen molar-refractivity contribution >= 4 is 35.8 Å². The maximum atomic E-state index is 13.6. The van der Waals surface area contributed by atoms with Crippen LogP contribution in [0, 0.1) is 5.41 Å².